The molecule has 7 rings (SSSR count). The molecule has 36 heavy (non-hydrogen) atoms. The number of hydrogen-bond donors (Lipinski definition) is 0. The van der Waals surface area contributed by atoms with E-state index in [1.54, 1.807) is 12.3 Å². The van der Waals surface area contributed by atoms with Crippen LogP contribution in [0.25, 0.3) is 65.9 Å². The molecule has 3 aromatic heterocycles. The maximum Gasteiger partial charge on any atom is 0.216 e. The van der Waals surface area contributed by atoms with E-state index in [0.717, 1.165) is 60.3 Å². The summed E-state index contributed by atoms with van der Waals surface area (Å²) in [5.74, 6) is -0.314. The summed E-state index contributed by atoms with van der Waals surface area (Å²) in [6.07, 6.45) is 5.62. The van der Waals surface area contributed by atoms with Gasteiger partial charge >= 0.3 is 0 Å². The minimum atomic E-state index is -0.314. The average Bonchev–Trinajstić information content (AvgIpc) is 3.27. The Morgan fingerprint density at radius 3 is 2.39 bits per heavy atom. The minimum absolute atomic E-state index is 0.314. The molecule has 0 spiro atoms. The first-order chi connectivity index (χ1) is 17.6. The molecule has 3 nitrogen and oxygen atoms in total. The number of nitrogens with zero attached hydrogens (tertiary/aromatic N) is 2. The second-order valence-electron chi connectivity index (χ2n) is 9.30. The van der Waals surface area contributed by atoms with Gasteiger partial charge < -0.3 is 4.42 Å². The zero-order valence-corrected chi connectivity index (χ0v) is 19.9. The SMILES string of the molecule is Cc1ccc2c(oc3c(-c4cc5ccccc5c5ccncc45)c(F)ccc32)c1-c1cccc[n+]1C. The first-order valence-electron chi connectivity index (χ1n) is 12.0. The average molecular weight is 470 g/mol. The molecular formula is C32H22FN2O+. The van der Waals surface area contributed by atoms with Crippen LogP contribution in [0.3, 0.4) is 0 Å². The molecule has 0 amide bonds. The van der Waals surface area contributed by atoms with Crippen LogP contribution in [0.5, 0.6) is 0 Å². The second kappa shape index (κ2) is 7.72. The number of hydrogen-bond acceptors (Lipinski definition) is 2. The Morgan fingerprint density at radius 1 is 0.750 bits per heavy atom. The molecule has 0 atom stereocenters. The predicted octanol–water partition coefficient (Wildman–Crippen LogP) is 7.89. The van der Waals surface area contributed by atoms with E-state index in [9.17, 15) is 0 Å². The van der Waals surface area contributed by atoms with Crippen LogP contribution in [0.4, 0.5) is 4.39 Å². The maximum absolute atomic E-state index is 15.7. The van der Waals surface area contributed by atoms with E-state index in [4.69, 9.17) is 4.42 Å². The molecule has 172 valence electrons. The molecule has 0 saturated carbocycles. The van der Waals surface area contributed by atoms with Crippen molar-refractivity contribution in [1.29, 1.82) is 0 Å². The molecule has 0 N–H and O–H groups in total. The fourth-order valence-corrected chi connectivity index (χ4v) is 5.48. The monoisotopic (exact) mass is 469 g/mol. The Hall–Kier alpha value is -4.57. The normalized spacial score (nSPS) is 11.8. The summed E-state index contributed by atoms with van der Waals surface area (Å²) < 4.78 is 24.5. The Morgan fingerprint density at radius 2 is 1.53 bits per heavy atom. The van der Waals surface area contributed by atoms with E-state index >= 15 is 4.39 Å². The highest BCUT2D eigenvalue weighted by Gasteiger charge is 2.24. The third-order valence-corrected chi connectivity index (χ3v) is 7.21. The maximum atomic E-state index is 15.7. The van der Waals surface area contributed by atoms with Crippen LogP contribution in [-0.2, 0) is 7.05 Å². The number of benzene rings is 4. The Bertz CT molecular complexity index is 1990. The van der Waals surface area contributed by atoms with Crippen LogP contribution in [0.15, 0.2) is 102 Å². The van der Waals surface area contributed by atoms with Gasteiger partial charge in [-0.15, -0.1) is 0 Å². The lowest BCUT2D eigenvalue weighted by molar-refractivity contribution is -0.660. The highest BCUT2D eigenvalue weighted by atomic mass is 19.1. The standard InChI is InChI=1S/C32H22FN2O/c1-19-10-11-23-24-12-13-27(33)30(32(24)36-31(23)29(19)28-9-5-6-16-35(28)2)25-17-20-7-3-4-8-21(20)22-14-15-34-18-26(22)25/h3-18H,1-2H3/q+1. The van der Waals surface area contributed by atoms with Gasteiger partial charge in [-0.05, 0) is 64.5 Å². The van der Waals surface area contributed by atoms with Crippen LogP contribution in [-0.4, -0.2) is 4.98 Å². The second-order valence-corrected chi connectivity index (χ2v) is 9.30. The molecular weight excluding hydrogens is 447 g/mol. The molecule has 3 heterocycles. The quantitative estimate of drug-likeness (QED) is 0.190. The van der Waals surface area contributed by atoms with Gasteiger partial charge in [-0.2, -0.15) is 0 Å². The third-order valence-electron chi connectivity index (χ3n) is 7.21. The van der Waals surface area contributed by atoms with E-state index < -0.39 is 0 Å². The highest BCUT2D eigenvalue weighted by Crippen LogP contribution is 2.44. The summed E-state index contributed by atoms with van der Waals surface area (Å²) in [7, 11) is 2.02. The largest absolute Gasteiger partial charge is 0.454 e. The van der Waals surface area contributed by atoms with Crippen LogP contribution in [0.1, 0.15) is 5.56 Å². The summed E-state index contributed by atoms with van der Waals surface area (Å²) in [5.41, 5.74) is 5.73. The molecule has 4 aromatic carbocycles. The van der Waals surface area contributed by atoms with Crippen molar-refractivity contribution >= 4 is 43.5 Å². The number of rotatable bonds is 2. The number of aromatic nitrogens is 2. The number of pyridine rings is 2. The first kappa shape index (κ1) is 20.8. The Balaban J connectivity index is 1.63. The van der Waals surface area contributed by atoms with Gasteiger partial charge in [-0.1, -0.05) is 36.4 Å². The highest BCUT2D eigenvalue weighted by molar-refractivity contribution is 6.18. The first-order valence-corrected chi connectivity index (χ1v) is 12.0. The fourth-order valence-electron chi connectivity index (χ4n) is 5.48. The molecule has 0 saturated heterocycles. The summed E-state index contributed by atoms with van der Waals surface area (Å²) >= 11 is 0. The van der Waals surface area contributed by atoms with Crippen molar-refractivity contribution in [3.8, 4) is 22.4 Å². The predicted molar refractivity (Wildman–Crippen MR) is 143 cm³/mol. The fraction of sp³-hybridized carbons (Fsp3) is 0.0625. The van der Waals surface area contributed by atoms with E-state index in [1.807, 2.05) is 61.9 Å². The number of furan rings is 1. The van der Waals surface area contributed by atoms with Crippen molar-refractivity contribution in [3.63, 3.8) is 0 Å². The van der Waals surface area contributed by atoms with Gasteiger partial charge in [0.1, 0.15) is 24.0 Å². The topological polar surface area (TPSA) is 29.9 Å². The van der Waals surface area contributed by atoms with Crippen molar-refractivity contribution < 1.29 is 13.4 Å². The van der Waals surface area contributed by atoms with Crippen LogP contribution >= 0.6 is 0 Å². The van der Waals surface area contributed by atoms with E-state index in [0.29, 0.717) is 11.1 Å². The summed E-state index contributed by atoms with van der Waals surface area (Å²) in [6, 6.07) is 25.9. The zero-order chi connectivity index (χ0) is 24.4. The van der Waals surface area contributed by atoms with E-state index in [1.165, 1.54) is 0 Å². The number of fused-ring (bicyclic) bond motifs is 6. The molecule has 0 bridgehead atoms. The zero-order valence-electron chi connectivity index (χ0n) is 19.9. The molecule has 0 aliphatic heterocycles. The Kier molecular flexibility index (Phi) is 4.45. The molecule has 0 aliphatic carbocycles. The minimum Gasteiger partial charge on any atom is -0.454 e. The van der Waals surface area contributed by atoms with Crippen LogP contribution in [0, 0.1) is 12.7 Å². The van der Waals surface area contributed by atoms with Gasteiger partial charge in [-0.25, -0.2) is 8.96 Å². The van der Waals surface area contributed by atoms with Crippen molar-refractivity contribution in [2.45, 2.75) is 6.92 Å². The Labute approximate surface area is 207 Å². The van der Waals surface area contributed by atoms with E-state index in [-0.39, 0.29) is 5.82 Å². The van der Waals surface area contributed by atoms with Crippen LogP contribution in [0.2, 0.25) is 0 Å². The molecule has 0 fully saturated rings. The molecule has 0 unspecified atom stereocenters. The smallest absolute Gasteiger partial charge is 0.216 e. The molecule has 0 radical (unpaired) electrons. The lowest BCUT2D eigenvalue weighted by Crippen LogP contribution is -2.30. The van der Waals surface area contributed by atoms with E-state index in [2.05, 4.69) is 46.8 Å². The van der Waals surface area contributed by atoms with Crippen molar-refractivity contribution in [1.82, 2.24) is 4.98 Å². The summed E-state index contributed by atoms with van der Waals surface area (Å²) in [6.45, 7) is 2.08. The van der Waals surface area contributed by atoms with Crippen molar-refractivity contribution in [3.05, 3.63) is 109 Å². The van der Waals surface area contributed by atoms with Gasteiger partial charge in [0, 0.05) is 40.7 Å². The van der Waals surface area contributed by atoms with Crippen molar-refractivity contribution in [2.24, 2.45) is 7.05 Å². The number of aryl methyl sites for hydroxylation is 2. The van der Waals surface area contributed by atoms with Gasteiger partial charge in [0.05, 0.1) is 11.1 Å². The van der Waals surface area contributed by atoms with Gasteiger partial charge in [0.15, 0.2) is 6.20 Å². The summed E-state index contributed by atoms with van der Waals surface area (Å²) in [4.78, 5) is 4.38. The van der Waals surface area contributed by atoms with Gasteiger partial charge in [-0.3, -0.25) is 4.98 Å². The van der Waals surface area contributed by atoms with Gasteiger partial charge in [0.2, 0.25) is 5.69 Å². The van der Waals surface area contributed by atoms with Crippen LogP contribution < -0.4 is 4.57 Å². The number of halogens is 1. The third kappa shape index (κ3) is 2.91. The lowest BCUT2D eigenvalue weighted by atomic mass is 9.93. The lowest BCUT2D eigenvalue weighted by Gasteiger charge is -2.11. The molecule has 4 heteroatoms. The van der Waals surface area contributed by atoms with Gasteiger partial charge in [0.25, 0.3) is 0 Å². The molecule has 7 aromatic rings. The summed E-state index contributed by atoms with van der Waals surface area (Å²) in [5, 5.41) is 5.97. The van der Waals surface area contributed by atoms with Crippen molar-refractivity contribution in [2.75, 3.05) is 0 Å². The molecule has 0 aliphatic rings.